The lowest BCUT2D eigenvalue weighted by molar-refractivity contribution is -0.643. The van der Waals surface area contributed by atoms with Gasteiger partial charge in [-0.2, -0.15) is 0 Å². The SMILES string of the molecule is ClC1CCC(C(CN2CC[NH2+]C2)OCC2CCSC2Cl)C(Cl)C1. The van der Waals surface area contributed by atoms with E-state index in [0.29, 0.717) is 11.8 Å². The lowest BCUT2D eigenvalue weighted by Crippen LogP contribution is -2.82. The number of nitrogens with zero attached hydrogens (tertiary/aromatic N) is 1. The van der Waals surface area contributed by atoms with Crippen LogP contribution in [-0.2, 0) is 4.74 Å². The normalized spacial score (nSPS) is 40.6. The molecule has 0 aromatic carbocycles. The molecule has 134 valence electrons. The second-order valence-electron chi connectivity index (χ2n) is 7.07. The van der Waals surface area contributed by atoms with Gasteiger partial charge in [-0.3, -0.25) is 0 Å². The molecule has 6 unspecified atom stereocenters. The van der Waals surface area contributed by atoms with E-state index in [-0.39, 0.29) is 21.6 Å². The molecule has 3 fully saturated rings. The zero-order valence-corrected chi connectivity index (χ0v) is 16.6. The lowest BCUT2D eigenvalue weighted by Gasteiger charge is -2.37. The summed E-state index contributed by atoms with van der Waals surface area (Å²) in [6.45, 7) is 5.18. The molecule has 2 heterocycles. The van der Waals surface area contributed by atoms with Crippen LogP contribution in [0.2, 0.25) is 0 Å². The van der Waals surface area contributed by atoms with E-state index in [0.717, 1.165) is 51.4 Å². The van der Waals surface area contributed by atoms with Gasteiger partial charge in [0, 0.05) is 29.1 Å². The molecule has 0 spiro atoms. The number of halogens is 3. The number of nitrogens with two attached hydrogens (primary N) is 1. The largest absolute Gasteiger partial charge is 0.376 e. The summed E-state index contributed by atoms with van der Waals surface area (Å²) in [5, 5.41) is 2.72. The topological polar surface area (TPSA) is 29.1 Å². The highest BCUT2D eigenvalue weighted by atomic mass is 35.5. The number of hydrogen-bond donors (Lipinski definition) is 1. The Hall–Kier alpha value is 1.10. The summed E-state index contributed by atoms with van der Waals surface area (Å²) < 4.78 is 6.63. The van der Waals surface area contributed by atoms with Gasteiger partial charge < -0.3 is 10.1 Å². The van der Waals surface area contributed by atoms with E-state index in [9.17, 15) is 0 Å². The maximum atomic E-state index is 6.66. The third-order valence-corrected chi connectivity index (χ3v) is 8.18. The van der Waals surface area contributed by atoms with Crippen molar-refractivity contribution in [3.05, 3.63) is 0 Å². The van der Waals surface area contributed by atoms with Gasteiger partial charge in [-0.1, -0.05) is 0 Å². The Morgan fingerprint density at radius 2 is 2.09 bits per heavy atom. The molecule has 3 rings (SSSR count). The molecule has 7 heteroatoms. The fraction of sp³-hybridized carbons (Fsp3) is 1.00. The summed E-state index contributed by atoms with van der Waals surface area (Å²) in [6.07, 6.45) is 4.41. The van der Waals surface area contributed by atoms with Crippen molar-refractivity contribution in [2.24, 2.45) is 11.8 Å². The molecule has 2 N–H and O–H groups in total. The minimum absolute atomic E-state index is 0.132. The highest BCUT2D eigenvalue weighted by molar-refractivity contribution is 8.01. The van der Waals surface area contributed by atoms with Crippen LogP contribution in [0.1, 0.15) is 25.7 Å². The standard InChI is InChI=1S/C16H27Cl3N2OS/c17-12-1-2-13(14(18)7-12)15(8-21-5-4-20-10-21)22-9-11-3-6-23-16(11)19/h11-16,20H,1-10H2/p+1. The van der Waals surface area contributed by atoms with Crippen LogP contribution in [0.4, 0.5) is 0 Å². The van der Waals surface area contributed by atoms with Crippen molar-refractivity contribution in [1.29, 1.82) is 0 Å². The molecule has 0 amide bonds. The van der Waals surface area contributed by atoms with Gasteiger partial charge in [0.2, 0.25) is 0 Å². The zero-order valence-electron chi connectivity index (χ0n) is 13.5. The molecular formula is C16H28Cl3N2OS+. The van der Waals surface area contributed by atoms with Gasteiger partial charge in [0.25, 0.3) is 0 Å². The number of thioether (sulfide) groups is 1. The first kappa shape index (κ1) is 18.9. The Morgan fingerprint density at radius 1 is 1.22 bits per heavy atom. The van der Waals surface area contributed by atoms with E-state index in [1.54, 1.807) is 0 Å². The summed E-state index contributed by atoms with van der Waals surface area (Å²) in [4.78, 5) is 2.49. The van der Waals surface area contributed by atoms with Crippen molar-refractivity contribution < 1.29 is 10.1 Å². The number of ether oxygens (including phenoxy) is 1. The molecule has 3 aliphatic rings. The first-order valence-electron chi connectivity index (χ1n) is 8.83. The fourth-order valence-electron chi connectivity index (χ4n) is 3.89. The van der Waals surface area contributed by atoms with Crippen LogP contribution in [0.3, 0.4) is 0 Å². The third kappa shape index (κ3) is 5.29. The lowest BCUT2D eigenvalue weighted by atomic mass is 9.84. The molecule has 2 saturated heterocycles. The van der Waals surface area contributed by atoms with Gasteiger partial charge >= 0.3 is 0 Å². The fourth-order valence-corrected chi connectivity index (χ4v) is 6.42. The molecule has 3 nitrogen and oxygen atoms in total. The molecule has 1 aliphatic carbocycles. The predicted octanol–water partition coefficient (Wildman–Crippen LogP) is 2.54. The molecule has 0 aromatic rings. The van der Waals surface area contributed by atoms with E-state index in [4.69, 9.17) is 39.5 Å². The number of hydrogen-bond acceptors (Lipinski definition) is 3. The predicted molar refractivity (Wildman–Crippen MR) is 99.8 cm³/mol. The van der Waals surface area contributed by atoms with E-state index < -0.39 is 0 Å². The van der Waals surface area contributed by atoms with E-state index in [1.165, 1.54) is 13.0 Å². The summed E-state index contributed by atoms with van der Waals surface area (Å²) in [6, 6.07) is 0. The Morgan fingerprint density at radius 3 is 2.74 bits per heavy atom. The Balaban J connectivity index is 1.58. The van der Waals surface area contributed by atoms with Crippen LogP contribution in [0.25, 0.3) is 0 Å². The average molecular weight is 403 g/mol. The second-order valence-corrected chi connectivity index (χ2v) is 10.2. The van der Waals surface area contributed by atoms with Crippen molar-refractivity contribution in [1.82, 2.24) is 4.90 Å². The maximum Gasteiger partial charge on any atom is 0.132 e. The van der Waals surface area contributed by atoms with Crippen LogP contribution < -0.4 is 5.32 Å². The van der Waals surface area contributed by atoms with Crippen LogP contribution >= 0.6 is 46.6 Å². The molecule has 0 aromatic heterocycles. The number of rotatable bonds is 6. The summed E-state index contributed by atoms with van der Waals surface area (Å²) in [5.74, 6) is 2.05. The van der Waals surface area contributed by atoms with E-state index in [2.05, 4.69) is 10.2 Å². The third-order valence-electron chi connectivity index (χ3n) is 5.37. The molecule has 1 saturated carbocycles. The first-order valence-corrected chi connectivity index (χ1v) is 11.2. The summed E-state index contributed by atoms with van der Waals surface area (Å²) in [5.41, 5.74) is 0. The van der Waals surface area contributed by atoms with Gasteiger partial charge in [0.05, 0.1) is 30.5 Å². The molecule has 0 radical (unpaired) electrons. The van der Waals surface area contributed by atoms with Crippen LogP contribution in [0, 0.1) is 11.8 Å². The van der Waals surface area contributed by atoms with Gasteiger partial charge in [-0.05, 0) is 31.4 Å². The van der Waals surface area contributed by atoms with Crippen molar-refractivity contribution in [2.75, 3.05) is 38.7 Å². The van der Waals surface area contributed by atoms with Crippen LogP contribution in [0.5, 0.6) is 0 Å². The Kier molecular flexibility index (Phi) is 7.52. The summed E-state index contributed by atoms with van der Waals surface area (Å²) >= 11 is 21.2. The zero-order chi connectivity index (χ0) is 16.2. The van der Waals surface area contributed by atoms with Gasteiger partial charge in [0.15, 0.2) is 0 Å². The highest BCUT2D eigenvalue weighted by Gasteiger charge is 2.37. The average Bonchev–Trinajstić information content (AvgIpc) is 3.16. The van der Waals surface area contributed by atoms with Crippen molar-refractivity contribution >= 4 is 46.6 Å². The first-order chi connectivity index (χ1) is 11.1. The van der Waals surface area contributed by atoms with Crippen LogP contribution in [0.15, 0.2) is 0 Å². The minimum Gasteiger partial charge on any atom is -0.376 e. The second kappa shape index (κ2) is 9.16. The maximum absolute atomic E-state index is 6.66. The van der Waals surface area contributed by atoms with E-state index in [1.807, 2.05) is 11.8 Å². The Bertz CT molecular complexity index is 373. The van der Waals surface area contributed by atoms with Crippen molar-refractivity contribution in [2.45, 2.75) is 47.3 Å². The number of alkyl halides is 3. The quantitative estimate of drug-likeness (QED) is 0.692. The Labute approximate surface area is 159 Å². The molecule has 23 heavy (non-hydrogen) atoms. The van der Waals surface area contributed by atoms with E-state index >= 15 is 0 Å². The van der Waals surface area contributed by atoms with Crippen molar-refractivity contribution in [3.63, 3.8) is 0 Å². The van der Waals surface area contributed by atoms with Gasteiger partial charge in [-0.25, -0.2) is 4.90 Å². The molecule has 2 aliphatic heterocycles. The number of quaternary nitrogens is 1. The monoisotopic (exact) mass is 401 g/mol. The molecule has 0 bridgehead atoms. The van der Waals surface area contributed by atoms with Crippen LogP contribution in [-0.4, -0.2) is 65.1 Å². The highest BCUT2D eigenvalue weighted by Crippen LogP contribution is 2.38. The van der Waals surface area contributed by atoms with Gasteiger partial charge in [0.1, 0.15) is 6.67 Å². The van der Waals surface area contributed by atoms with Gasteiger partial charge in [-0.15, -0.1) is 46.6 Å². The van der Waals surface area contributed by atoms with Crippen molar-refractivity contribution in [3.8, 4) is 0 Å². The summed E-state index contributed by atoms with van der Waals surface area (Å²) in [7, 11) is 0. The minimum atomic E-state index is 0.132. The smallest absolute Gasteiger partial charge is 0.132 e. The molecular weight excluding hydrogens is 375 g/mol. The molecule has 6 atom stereocenters.